The average molecular weight is 171 g/mol. The SMILES string of the molecule is CCC(=O)C1CN(C(=O)OC)C1. The Bertz CT molecular complexity index is 176. The summed E-state index contributed by atoms with van der Waals surface area (Å²) in [4.78, 5) is 23.4. The van der Waals surface area contributed by atoms with Crippen molar-refractivity contribution in [3.05, 3.63) is 0 Å². The lowest BCUT2D eigenvalue weighted by molar-refractivity contribution is -0.126. The second-order valence-corrected chi connectivity index (χ2v) is 2.89. The number of ketones is 1. The molecule has 0 spiro atoms. The van der Waals surface area contributed by atoms with E-state index in [1.807, 2.05) is 6.92 Å². The van der Waals surface area contributed by atoms with Crippen molar-refractivity contribution < 1.29 is 14.3 Å². The maximum absolute atomic E-state index is 11.1. The van der Waals surface area contributed by atoms with Gasteiger partial charge in [-0.1, -0.05) is 6.92 Å². The molecule has 1 saturated heterocycles. The minimum Gasteiger partial charge on any atom is -0.453 e. The van der Waals surface area contributed by atoms with Crippen LogP contribution in [0.3, 0.4) is 0 Å². The van der Waals surface area contributed by atoms with Crippen LogP contribution < -0.4 is 0 Å². The fourth-order valence-corrected chi connectivity index (χ4v) is 1.25. The van der Waals surface area contributed by atoms with Crippen LogP contribution in [0.1, 0.15) is 13.3 Å². The fraction of sp³-hybridized carbons (Fsp3) is 0.750. The third-order valence-electron chi connectivity index (χ3n) is 2.12. The van der Waals surface area contributed by atoms with E-state index in [1.54, 1.807) is 0 Å². The van der Waals surface area contributed by atoms with Crippen molar-refractivity contribution in [2.24, 2.45) is 5.92 Å². The standard InChI is InChI=1S/C8H13NO3/c1-3-7(10)6-4-9(5-6)8(11)12-2/h6H,3-5H2,1-2H3. The Labute approximate surface area is 71.5 Å². The van der Waals surface area contributed by atoms with Crippen LogP contribution >= 0.6 is 0 Å². The molecule has 0 radical (unpaired) electrons. The predicted octanol–water partition coefficient (Wildman–Crippen LogP) is 0.664. The molecule has 0 aromatic heterocycles. The highest BCUT2D eigenvalue weighted by molar-refractivity contribution is 5.84. The van der Waals surface area contributed by atoms with E-state index >= 15 is 0 Å². The summed E-state index contributed by atoms with van der Waals surface area (Å²) in [5.74, 6) is 0.282. The Balaban J connectivity index is 2.28. The molecule has 0 saturated carbocycles. The Kier molecular flexibility index (Phi) is 2.68. The molecule has 0 unspecified atom stereocenters. The zero-order chi connectivity index (χ0) is 9.14. The number of nitrogens with zero attached hydrogens (tertiary/aromatic N) is 1. The number of ether oxygens (including phenoxy) is 1. The van der Waals surface area contributed by atoms with Crippen LogP contribution in [0.25, 0.3) is 0 Å². The molecule has 4 nitrogen and oxygen atoms in total. The van der Waals surface area contributed by atoms with Crippen LogP contribution in [0.4, 0.5) is 4.79 Å². The topological polar surface area (TPSA) is 46.6 Å². The highest BCUT2D eigenvalue weighted by Crippen LogP contribution is 2.18. The van der Waals surface area contributed by atoms with E-state index in [2.05, 4.69) is 4.74 Å². The van der Waals surface area contributed by atoms with Gasteiger partial charge in [0, 0.05) is 19.5 Å². The van der Waals surface area contributed by atoms with Crippen molar-refractivity contribution in [3.63, 3.8) is 0 Å². The van der Waals surface area contributed by atoms with Crippen LogP contribution in [0.5, 0.6) is 0 Å². The normalized spacial score (nSPS) is 17.0. The number of amides is 1. The van der Waals surface area contributed by atoms with Crippen LogP contribution in [0.15, 0.2) is 0 Å². The largest absolute Gasteiger partial charge is 0.453 e. The van der Waals surface area contributed by atoms with Crippen molar-refractivity contribution >= 4 is 11.9 Å². The highest BCUT2D eigenvalue weighted by Gasteiger charge is 2.34. The van der Waals surface area contributed by atoms with E-state index in [4.69, 9.17) is 0 Å². The maximum atomic E-state index is 11.1. The summed E-state index contributed by atoms with van der Waals surface area (Å²) in [7, 11) is 1.34. The minimum atomic E-state index is -0.338. The highest BCUT2D eigenvalue weighted by atomic mass is 16.5. The molecule has 0 aliphatic carbocycles. The van der Waals surface area contributed by atoms with Crippen molar-refractivity contribution in [2.75, 3.05) is 20.2 Å². The summed E-state index contributed by atoms with van der Waals surface area (Å²) in [6.45, 7) is 2.89. The Morgan fingerprint density at radius 3 is 2.50 bits per heavy atom. The maximum Gasteiger partial charge on any atom is 0.409 e. The van der Waals surface area contributed by atoms with Gasteiger partial charge in [0.2, 0.25) is 0 Å². The zero-order valence-corrected chi connectivity index (χ0v) is 7.37. The number of methoxy groups -OCH3 is 1. The molecule has 1 fully saturated rings. The van der Waals surface area contributed by atoms with Crippen molar-refractivity contribution in [3.8, 4) is 0 Å². The van der Waals surface area contributed by atoms with Crippen LogP contribution in [0, 0.1) is 5.92 Å². The molecule has 4 heteroatoms. The van der Waals surface area contributed by atoms with Gasteiger partial charge in [0.15, 0.2) is 0 Å². The van der Waals surface area contributed by atoms with Gasteiger partial charge in [-0.15, -0.1) is 0 Å². The molecule has 1 aliphatic rings. The molecule has 1 aliphatic heterocycles. The van der Waals surface area contributed by atoms with E-state index in [9.17, 15) is 9.59 Å². The van der Waals surface area contributed by atoms with Gasteiger partial charge < -0.3 is 9.64 Å². The van der Waals surface area contributed by atoms with E-state index in [0.29, 0.717) is 19.5 Å². The summed E-state index contributed by atoms with van der Waals surface area (Å²) < 4.78 is 4.49. The summed E-state index contributed by atoms with van der Waals surface area (Å²) in [6, 6.07) is 0. The lowest BCUT2D eigenvalue weighted by atomic mass is 9.94. The molecular formula is C8H13NO3. The molecule has 0 aromatic carbocycles. The van der Waals surface area contributed by atoms with Crippen LogP contribution in [-0.4, -0.2) is 37.0 Å². The second-order valence-electron chi connectivity index (χ2n) is 2.89. The van der Waals surface area contributed by atoms with Crippen molar-refractivity contribution in [2.45, 2.75) is 13.3 Å². The van der Waals surface area contributed by atoms with Gasteiger partial charge in [0.05, 0.1) is 13.0 Å². The first-order valence-corrected chi connectivity index (χ1v) is 4.04. The molecule has 0 N–H and O–H groups in total. The monoisotopic (exact) mass is 171 g/mol. The number of carbonyl (C=O) groups excluding carboxylic acids is 2. The van der Waals surface area contributed by atoms with Gasteiger partial charge in [0.1, 0.15) is 5.78 Å². The van der Waals surface area contributed by atoms with E-state index in [0.717, 1.165) is 0 Å². The van der Waals surface area contributed by atoms with Gasteiger partial charge in [-0.25, -0.2) is 4.79 Å². The predicted molar refractivity (Wildman–Crippen MR) is 42.8 cm³/mol. The molecular weight excluding hydrogens is 158 g/mol. The third-order valence-corrected chi connectivity index (χ3v) is 2.12. The quantitative estimate of drug-likeness (QED) is 0.613. The first kappa shape index (κ1) is 9.03. The van der Waals surface area contributed by atoms with Crippen molar-refractivity contribution in [1.82, 2.24) is 4.90 Å². The van der Waals surface area contributed by atoms with Gasteiger partial charge >= 0.3 is 6.09 Å². The number of hydrogen-bond acceptors (Lipinski definition) is 3. The first-order valence-electron chi connectivity index (χ1n) is 4.04. The summed E-state index contributed by atoms with van der Waals surface area (Å²) in [5.41, 5.74) is 0. The lowest BCUT2D eigenvalue weighted by Gasteiger charge is -2.36. The van der Waals surface area contributed by atoms with Crippen LogP contribution in [-0.2, 0) is 9.53 Å². The Hall–Kier alpha value is -1.06. The smallest absolute Gasteiger partial charge is 0.409 e. The van der Waals surface area contributed by atoms with E-state index < -0.39 is 0 Å². The molecule has 12 heavy (non-hydrogen) atoms. The molecule has 1 rings (SSSR count). The first-order chi connectivity index (χ1) is 5.69. The van der Waals surface area contributed by atoms with Crippen molar-refractivity contribution in [1.29, 1.82) is 0 Å². The van der Waals surface area contributed by atoms with Gasteiger partial charge in [0.25, 0.3) is 0 Å². The molecule has 0 bridgehead atoms. The molecule has 1 heterocycles. The summed E-state index contributed by atoms with van der Waals surface area (Å²) in [5, 5.41) is 0. The molecule has 0 aromatic rings. The molecule has 0 atom stereocenters. The summed E-state index contributed by atoms with van der Waals surface area (Å²) >= 11 is 0. The average Bonchev–Trinajstić information content (AvgIpc) is 2.01. The third kappa shape index (κ3) is 1.57. The lowest BCUT2D eigenvalue weighted by Crippen LogP contribution is -2.52. The van der Waals surface area contributed by atoms with Crippen LogP contribution in [0.2, 0.25) is 0 Å². The number of likely N-dealkylation sites (tertiary alicyclic amines) is 1. The van der Waals surface area contributed by atoms with Gasteiger partial charge in [-0.2, -0.15) is 0 Å². The summed E-state index contributed by atoms with van der Waals surface area (Å²) in [6.07, 6.45) is 0.217. The van der Waals surface area contributed by atoms with Gasteiger partial charge in [-0.05, 0) is 0 Å². The fourth-order valence-electron chi connectivity index (χ4n) is 1.25. The number of rotatable bonds is 2. The number of hydrogen-bond donors (Lipinski definition) is 0. The zero-order valence-electron chi connectivity index (χ0n) is 7.37. The molecule has 1 amide bonds. The van der Waals surface area contributed by atoms with Gasteiger partial charge in [-0.3, -0.25) is 4.79 Å². The Morgan fingerprint density at radius 1 is 1.50 bits per heavy atom. The number of carbonyl (C=O) groups is 2. The Morgan fingerprint density at radius 2 is 2.08 bits per heavy atom. The second kappa shape index (κ2) is 3.56. The van der Waals surface area contributed by atoms with E-state index in [-0.39, 0.29) is 17.8 Å². The van der Waals surface area contributed by atoms with E-state index in [1.165, 1.54) is 12.0 Å². The number of Topliss-reactive ketones (excluding diaryl/α,β-unsaturated/α-hetero) is 1. The minimum absolute atomic E-state index is 0.0501. The molecule has 68 valence electrons.